The lowest BCUT2D eigenvalue weighted by atomic mass is 10.00. The summed E-state index contributed by atoms with van der Waals surface area (Å²) in [6.07, 6.45) is 6.20. The molecule has 0 heterocycles. The van der Waals surface area contributed by atoms with Crippen LogP contribution in [0.4, 0.5) is 0 Å². The summed E-state index contributed by atoms with van der Waals surface area (Å²) in [5, 5.41) is 0. The number of ether oxygens (including phenoxy) is 1. The lowest BCUT2D eigenvalue weighted by molar-refractivity contribution is -0.148. The summed E-state index contributed by atoms with van der Waals surface area (Å²) in [6.45, 7) is 2.02. The first-order valence-electron chi connectivity index (χ1n) is 3.81. The Morgan fingerprint density at radius 3 is 2.92 bits per heavy atom. The Morgan fingerprint density at radius 2 is 2.33 bits per heavy atom. The average Bonchev–Trinajstić information content (AvgIpc) is 2.05. The van der Waals surface area contributed by atoms with Crippen LogP contribution in [0.3, 0.4) is 0 Å². The molecule has 1 aliphatic carbocycles. The lowest BCUT2D eigenvalue weighted by Gasteiger charge is -2.09. The highest BCUT2D eigenvalue weighted by Gasteiger charge is 2.23. The molecule has 1 unspecified atom stereocenters. The van der Waals surface area contributed by atoms with Gasteiger partial charge in [-0.25, -0.2) is 0 Å². The van der Waals surface area contributed by atoms with Gasteiger partial charge in [-0.15, -0.1) is 0 Å². The Morgan fingerprint density at radius 1 is 1.58 bits per heavy atom. The maximum Gasteiger partial charge on any atom is 0.320 e. The van der Waals surface area contributed by atoms with Crippen LogP contribution in [0.15, 0.2) is 24.3 Å². The maximum atomic E-state index is 11.1. The number of hydrogen-bond acceptors (Lipinski definition) is 3. The van der Waals surface area contributed by atoms with Gasteiger partial charge in [0.1, 0.15) is 5.92 Å². The van der Waals surface area contributed by atoms with Crippen molar-refractivity contribution in [1.82, 2.24) is 0 Å². The van der Waals surface area contributed by atoms with Crippen molar-refractivity contribution in [3.8, 4) is 0 Å². The zero-order valence-corrected chi connectivity index (χ0v) is 6.82. The molecular formula is C9H10O3. The molecule has 0 radical (unpaired) electrons. The normalized spacial score (nSPS) is 21.1. The molecule has 0 aliphatic heterocycles. The van der Waals surface area contributed by atoms with Crippen LogP contribution in [0, 0.1) is 5.92 Å². The summed E-state index contributed by atoms with van der Waals surface area (Å²) in [7, 11) is 0. The second-order valence-corrected chi connectivity index (χ2v) is 2.38. The zero-order chi connectivity index (χ0) is 8.97. The third-order valence-corrected chi connectivity index (χ3v) is 1.52. The number of carbonyl (C=O) groups is 2. The Kier molecular flexibility index (Phi) is 2.80. The van der Waals surface area contributed by atoms with Gasteiger partial charge in [0, 0.05) is 0 Å². The lowest BCUT2D eigenvalue weighted by Crippen LogP contribution is -2.24. The molecule has 0 saturated carbocycles. The van der Waals surface area contributed by atoms with E-state index < -0.39 is 11.9 Å². The molecule has 0 aromatic carbocycles. The summed E-state index contributed by atoms with van der Waals surface area (Å²) in [6, 6.07) is 0. The number of allylic oxidation sites excluding steroid dienone is 3. The van der Waals surface area contributed by atoms with Crippen molar-refractivity contribution in [3.05, 3.63) is 24.3 Å². The van der Waals surface area contributed by atoms with Crippen molar-refractivity contribution in [2.45, 2.75) is 6.92 Å². The van der Waals surface area contributed by atoms with E-state index in [0.717, 1.165) is 0 Å². The predicted octanol–water partition coefficient (Wildman–Crippen LogP) is 0.861. The first-order valence-corrected chi connectivity index (χ1v) is 3.81. The number of esters is 1. The molecule has 0 spiro atoms. The molecule has 0 amide bonds. The quantitative estimate of drug-likeness (QED) is 0.451. The SMILES string of the molecule is CCOC(=O)C1C=CC=CC1=O. The molecule has 0 aromatic rings. The van der Waals surface area contributed by atoms with E-state index in [1.54, 1.807) is 25.2 Å². The van der Waals surface area contributed by atoms with Gasteiger partial charge in [-0.1, -0.05) is 18.2 Å². The van der Waals surface area contributed by atoms with Gasteiger partial charge >= 0.3 is 5.97 Å². The van der Waals surface area contributed by atoms with Crippen molar-refractivity contribution >= 4 is 11.8 Å². The van der Waals surface area contributed by atoms with E-state index in [1.807, 2.05) is 0 Å². The van der Waals surface area contributed by atoms with Crippen molar-refractivity contribution < 1.29 is 14.3 Å². The Balaban J connectivity index is 2.63. The second-order valence-electron chi connectivity index (χ2n) is 2.38. The van der Waals surface area contributed by atoms with Crippen LogP contribution < -0.4 is 0 Å². The summed E-state index contributed by atoms with van der Waals surface area (Å²) in [5.74, 6) is -1.41. The summed E-state index contributed by atoms with van der Waals surface area (Å²) >= 11 is 0. The van der Waals surface area contributed by atoms with Gasteiger partial charge in [0.25, 0.3) is 0 Å². The third kappa shape index (κ3) is 1.81. The summed E-state index contributed by atoms with van der Waals surface area (Å²) in [4.78, 5) is 22.2. The van der Waals surface area contributed by atoms with E-state index in [1.165, 1.54) is 6.08 Å². The minimum Gasteiger partial charge on any atom is -0.465 e. The molecule has 64 valence electrons. The molecule has 0 saturated heterocycles. The van der Waals surface area contributed by atoms with Crippen LogP contribution in [-0.4, -0.2) is 18.4 Å². The Hall–Kier alpha value is -1.38. The van der Waals surface area contributed by atoms with E-state index in [-0.39, 0.29) is 5.78 Å². The van der Waals surface area contributed by atoms with Gasteiger partial charge in [-0.05, 0) is 13.0 Å². The van der Waals surface area contributed by atoms with E-state index in [0.29, 0.717) is 6.61 Å². The standard InChI is InChI=1S/C9H10O3/c1-2-12-9(11)7-5-3-4-6-8(7)10/h3-7H,2H2,1H3. The maximum absolute atomic E-state index is 11.1. The fourth-order valence-corrected chi connectivity index (χ4v) is 0.951. The highest BCUT2D eigenvalue weighted by Crippen LogP contribution is 2.09. The van der Waals surface area contributed by atoms with Gasteiger partial charge in [-0.2, -0.15) is 0 Å². The number of ketones is 1. The number of hydrogen-bond donors (Lipinski definition) is 0. The van der Waals surface area contributed by atoms with Crippen molar-refractivity contribution in [1.29, 1.82) is 0 Å². The Bertz CT molecular complexity index is 250. The number of rotatable bonds is 2. The van der Waals surface area contributed by atoms with Crippen LogP contribution in [0.5, 0.6) is 0 Å². The Labute approximate surface area is 70.7 Å². The topological polar surface area (TPSA) is 43.4 Å². The average molecular weight is 166 g/mol. The molecule has 0 aromatic heterocycles. The monoisotopic (exact) mass is 166 g/mol. The molecule has 0 fully saturated rings. The summed E-state index contributed by atoms with van der Waals surface area (Å²) < 4.78 is 4.71. The van der Waals surface area contributed by atoms with Gasteiger partial charge in [0.2, 0.25) is 0 Å². The highest BCUT2D eigenvalue weighted by atomic mass is 16.5. The van der Waals surface area contributed by atoms with Gasteiger partial charge < -0.3 is 4.74 Å². The van der Waals surface area contributed by atoms with Crippen molar-refractivity contribution in [3.63, 3.8) is 0 Å². The van der Waals surface area contributed by atoms with Crippen molar-refractivity contribution in [2.24, 2.45) is 5.92 Å². The first kappa shape index (κ1) is 8.71. The van der Waals surface area contributed by atoms with Crippen LogP contribution in [0.1, 0.15) is 6.92 Å². The first-order chi connectivity index (χ1) is 5.75. The highest BCUT2D eigenvalue weighted by molar-refractivity contribution is 6.07. The van der Waals surface area contributed by atoms with Gasteiger partial charge in [0.05, 0.1) is 6.61 Å². The molecule has 0 N–H and O–H groups in total. The zero-order valence-electron chi connectivity index (χ0n) is 6.82. The van der Waals surface area contributed by atoms with Crippen LogP contribution in [0.25, 0.3) is 0 Å². The molecule has 1 atom stereocenters. The minimum absolute atomic E-state index is 0.212. The van der Waals surface area contributed by atoms with Crippen LogP contribution in [0.2, 0.25) is 0 Å². The molecule has 1 rings (SSSR count). The predicted molar refractivity (Wildman–Crippen MR) is 43.4 cm³/mol. The molecular weight excluding hydrogens is 156 g/mol. The van der Waals surface area contributed by atoms with E-state index in [4.69, 9.17) is 4.74 Å². The fourth-order valence-electron chi connectivity index (χ4n) is 0.951. The third-order valence-electron chi connectivity index (χ3n) is 1.52. The van der Waals surface area contributed by atoms with Gasteiger partial charge in [0.15, 0.2) is 5.78 Å². The molecule has 3 heteroatoms. The smallest absolute Gasteiger partial charge is 0.320 e. The van der Waals surface area contributed by atoms with E-state index in [2.05, 4.69) is 0 Å². The second kappa shape index (κ2) is 3.85. The summed E-state index contributed by atoms with van der Waals surface area (Å²) in [5.41, 5.74) is 0. The van der Waals surface area contributed by atoms with E-state index >= 15 is 0 Å². The molecule has 12 heavy (non-hydrogen) atoms. The van der Waals surface area contributed by atoms with Crippen LogP contribution in [-0.2, 0) is 14.3 Å². The molecule has 1 aliphatic rings. The fraction of sp³-hybridized carbons (Fsp3) is 0.333. The number of carbonyl (C=O) groups excluding carboxylic acids is 2. The molecule has 0 bridgehead atoms. The van der Waals surface area contributed by atoms with Crippen molar-refractivity contribution in [2.75, 3.05) is 6.61 Å². The van der Waals surface area contributed by atoms with E-state index in [9.17, 15) is 9.59 Å². The van der Waals surface area contributed by atoms with Crippen LogP contribution >= 0.6 is 0 Å². The minimum atomic E-state index is -0.727. The molecule has 3 nitrogen and oxygen atoms in total. The largest absolute Gasteiger partial charge is 0.465 e. The van der Waals surface area contributed by atoms with Gasteiger partial charge in [-0.3, -0.25) is 9.59 Å².